The molecule has 1 fully saturated rings. The largest absolute Gasteiger partial charge is 0.416 e. The van der Waals surface area contributed by atoms with Crippen molar-refractivity contribution in [1.29, 1.82) is 0 Å². The molecule has 5 nitrogen and oxygen atoms in total. The second kappa shape index (κ2) is 5.55. The molecular weight excluding hydrogens is 309 g/mol. The predicted octanol–water partition coefficient (Wildman–Crippen LogP) is 2.01. The average molecular weight is 322 g/mol. The molecule has 1 atom stereocenters. The van der Waals surface area contributed by atoms with Gasteiger partial charge < -0.3 is 10.6 Å². The number of carbonyl (C=O) groups excluding carboxylic acids is 1. The van der Waals surface area contributed by atoms with E-state index in [9.17, 15) is 26.4 Å². The van der Waals surface area contributed by atoms with Crippen LogP contribution in [0, 0.1) is 0 Å². The van der Waals surface area contributed by atoms with Gasteiger partial charge in [-0.3, -0.25) is 0 Å². The van der Waals surface area contributed by atoms with Crippen LogP contribution in [-0.2, 0) is 16.0 Å². The molecular formula is C12H13F3N2O3S. The lowest BCUT2D eigenvalue weighted by Gasteiger charge is -2.12. The number of rotatable bonds is 2. The van der Waals surface area contributed by atoms with Gasteiger partial charge in [-0.1, -0.05) is 0 Å². The number of nitrogens with one attached hydrogen (secondary N) is 2. The number of halogens is 3. The highest BCUT2D eigenvalue weighted by molar-refractivity contribution is 7.91. The minimum absolute atomic E-state index is 0.0260. The third-order valence-corrected chi connectivity index (χ3v) is 4.81. The first-order chi connectivity index (χ1) is 9.66. The van der Waals surface area contributed by atoms with Crippen LogP contribution in [0.2, 0.25) is 0 Å². The first-order valence-electron chi connectivity index (χ1n) is 6.11. The van der Waals surface area contributed by atoms with Crippen molar-refractivity contribution < 1.29 is 26.4 Å². The SMILES string of the molecule is O=C(Nc1ccc(C(F)(F)F)cc1)NC1CCS(=O)(=O)C1. The Hall–Kier alpha value is -1.77. The topological polar surface area (TPSA) is 75.3 Å². The fraction of sp³-hybridized carbons (Fsp3) is 0.417. The van der Waals surface area contributed by atoms with Gasteiger partial charge in [0.1, 0.15) is 0 Å². The number of hydrogen-bond donors (Lipinski definition) is 2. The van der Waals surface area contributed by atoms with Crippen LogP contribution in [0.25, 0.3) is 0 Å². The third-order valence-electron chi connectivity index (χ3n) is 3.04. The van der Waals surface area contributed by atoms with Gasteiger partial charge in [0.15, 0.2) is 9.84 Å². The summed E-state index contributed by atoms with van der Waals surface area (Å²) in [6, 6.07) is 2.87. The molecule has 1 unspecified atom stereocenters. The van der Waals surface area contributed by atoms with E-state index in [2.05, 4.69) is 10.6 Å². The zero-order chi connectivity index (χ0) is 15.7. The van der Waals surface area contributed by atoms with Crippen LogP contribution in [0.15, 0.2) is 24.3 Å². The first kappa shape index (κ1) is 15.6. The second-order valence-electron chi connectivity index (χ2n) is 4.77. The van der Waals surface area contributed by atoms with E-state index in [1.807, 2.05) is 0 Å². The van der Waals surface area contributed by atoms with E-state index >= 15 is 0 Å². The fourth-order valence-corrected chi connectivity index (χ4v) is 3.68. The summed E-state index contributed by atoms with van der Waals surface area (Å²) in [5.74, 6) is -0.0916. The Morgan fingerprint density at radius 1 is 1.19 bits per heavy atom. The Labute approximate surface area is 119 Å². The lowest BCUT2D eigenvalue weighted by Crippen LogP contribution is -2.38. The van der Waals surface area contributed by atoms with Gasteiger partial charge in [0, 0.05) is 11.7 Å². The first-order valence-corrected chi connectivity index (χ1v) is 7.93. The molecule has 1 aromatic carbocycles. The van der Waals surface area contributed by atoms with E-state index < -0.39 is 33.6 Å². The van der Waals surface area contributed by atoms with Crippen LogP contribution in [0.1, 0.15) is 12.0 Å². The molecule has 1 aliphatic rings. The molecule has 116 valence electrons. The van der Waals surface area contributed by atoms with Gasteiger partial charge in [-0.15, -0.1) is 0 Å². The Bertz CT molecular complexity index is 626. The van der Waals surface area contributed by atoms with Gasteiger partial charge in [0.2, 0.25) is 0 Å². The molecule has 2 amide bonds. The van der Waals surface area contributed by atoms with E-state index in [4.69, 9.17) is 0 Å². The van der Waals surface area contributed by atoms with Crippen LogP contribution >= 0.6 is 0 Å². The molecule has 0 spiro atoms. The summed E-state index contributed by atoms with van der Waals surface area (Å²) < 4.78 is 59.6. The minimum Gasteiger partial charge on any atom is -0.334 e. The van der Waals surface area contributed by atoms with Gasteiger partial charge in [-0.05, 0) is 30.7 Å². The molecule has 0 saturated carbocycles. The van der Waals surface area contributed by atoms with E-state index in [1.165, 1.54) is 0 Å². The number of urea groups is 1. The zero-order valence-corrected chi connectivity index (χ0v) is 11.6. The van der Waals surface area contributed by atoms with Gasteiger partial charge in [0.05, 0.1) is 17.1 Å². The lowest BCUT2D eigenvalue weighted by atomic mass is 10.2. The van der Waals surface area contributed by atoms with Crippen molar-refractivity contribution in [2.75, 3.05) is 16.8 Å². The number of amides is 2. The standard InChI is InChI=1S/C12H13F3N2O3S/c13-12(14,15)8-1-3-9(4-2-8)16-11(18)17-10-5-6-21(19,20)7-10/h1-4,10H,5-7H2,(H2,16,17,18). The Balaban J connectivity index is 1.91. The van der Waals surface area contributed by atoms with E-state index in [1.54, 1.807) is 0 Å². The summed E-state index contributed by atoms with van der Waals surface area (Å²) in [6.45, 7) is 0. The Morgan fingerprint density at radius 2 is 1.81 bits per heavy atom. The van der Waals surface area contributed by atoms with Crippen molar-refractivity contribution in [3.63, 3.8) is 0 Å². The molecule has 2 rings (SSSR count). The minimum atomic E-state index is -4.43. The number of alkyl halides is 3. The Kier molecular flexibility index (Phi) is 4.13. The molecule has 1 aromatic rings. The summed E-state index contributed by atoms with van der Waals surface area (Å²) in [6.07, 6.45) is -4.10. The van der Waals surface area contributed by atoms with Gasteiger partial charge >= 0.3 is 12.2 Å². The number of hydrogen-bond acceptors (Lipinski definition) is 3. The fourth-order valence-electron chi connectivity index (χ4n) is 2.00. The molecule has 0 aliphatic carbocycles. The molecule has 0 bridgehead atoms. The van der Waals surface area contributed by atoms with Crippen molar-refractivity contribution in [3.05, 3.63) is 29.8 Å². The smallest absolute Gasteiger partial charge is 0.334 e. The second-order valence-corrected chi connectivity index (χ2v) is 7.00. The summed E-state index contributed by atoms with van der Waals surface area (Å²) in [7, 11) is -3.10. The molecule has 2 N–H and O–H groups in total. The monoisotopic (exact) mass is 322 g/mol. The van der Waals surface area contributed by atoms with E-state index in [0.717, 1.165) is 24.3 Å². The highest BCUT2D eigenvalue weighted by atomic mass is 32.2. The van der Waals surface area contributed by atoms with Gasteiger partial charge in [0.25, 0.3) is 0 Å². The van der Waals surface area contributed by atoms with E-state index in [-0.39, 0.29) is 17.2 Å². The molecule has 0 aromatic heterocycles. The maximum absolute atomic E-state index is 12.4. The van der Waals surface area contributed by atoms with Crippen molar-refractivity contribution in [1.82, 2.24) is 5.32 Å². The zero-order valence-electron chi connectivity index (χ0n) is 10.8. The van der Waals surface area contributed by atoms with E-state index in [0.29, 0.717) is 6.42 Å². The van der Waals surface area contributed by atoms with Crippen LogP contribution in [0.5, 0.6) is 0 Å². The molecule has 21 heavy (non-hydrogen) atoms. The average Bonchev–Trinajstić information content (AvgIpc) is 2.68. The van der Waals surface area contributed by atoms with Gasteiger partial charge in [-0.25, -0.2) is 13.2 Å². The highest BCUT2D eigenvalue weighted by Gasteiger charge is 2.30. The molecule has 0 radical (unpaired) electrons. The number of benzene rings is 1. The number of sulfone groups is 1. The summed E-state index contributed by atoms with van der Waals surface area (Å²) in [5.41, 5.74) is -0.614. The quantitative estimate of drug-likeness (QED) is 0.874. The predicted molar refractivity (Wildman–Crippen MR) is 70.7 cm³/mol. The van der Waals surface area contributed by atoms with Crippen LogP contribution in [0.3, 0.4) is 0 Å². The maximum atomic E-state index is 12.4. The molecule has 1 aliphatic heterocycles. The van der Waals surface area contributed by atoms with Crippen LogP contribution in [-0.4, -0.2) is 32.0 Å². The summed E-state index contributed by atoms with van der Waals surface area (Å²) in [4.78, 5) is 11.6. The molecule has 1 heterocycles. The Morgan fingerprint density at radius 3 is 2.29 bits per heavy atom. The van der Waals surface area contributed by atoms with Gasteiger partial charge in [-0.2, -0.15) is 13.2 Å². The summed E-state index contributed by atoms with van der Waals surface area (Å²) >= 11 is 0. The van der Waals surface area contributed by atoms with Crippen molar-refractivity contribution in [3.8, 4) is 0 Å². The number of anilines is 1. The third kappa shape index (κ3) is 4.35. The number of carbonyl (C=O) groups is 1. The lowest BCUT2D eigenvalue weighted by molar-refractivity contribution is -0.137. The molecule has 9 heteroatoms. The van der Waals surface area contributed by atoms with Crippen LogP contribution in [0.4, 0.5) is 23.7 Å². The molecule has 1 saturated heterocycles. The van der Waals surface area contributed by atoms with Crippen molar-refractivity contribution in [2.24, 2.45) is 0 Å². The van der Waals surface area contributed by atoms with Crippen molar-refractivity contribution >= 4 is 21.6 Å². The van der Waals surface area contributed by atoms with Crippen molar-refractivity contribution in [2.45, 2.75) is 18.6 Å². The normalized spacial score (nSPS) is 21.0. The maximum Gasteiger partial charge on any atom is 0.416 e. The van der Waals surface area contributed by atoms with Crippen LogP contribution < -0.4 is 10.6 Å². The summed E-state index contributed by atoms with van der Waals surface area (Å²) in [5, 5.41) is 4.84. The highest BCUT2D eigenvalue weighted by Crippen LogP contribution is 2.29.